The van der Waals surface area contributed by atoms with Crippen LogP contribution in [0.4, 0.5) is 5.69 Å². The molecule has 2 aromatic carbocycles. The van der Waals surface area contributed by atoms with Crippen LogP contribution < -0.4 is 15.3 Å². The number of hydrogen-bond donors (Lipinski definition) is 0. The Morgan fingerprint density at radius 2 is 1.86 bits per heavy atom. The number of fused-ring (bicyclic) bond motifs is 1. The van der Waals surface area contributed by atoms with Crippen molar-refractivity contribution < 1.29 is 13.9 Å². The van der Waals surface area contributed by atoms with Gasteiger partial charge in [0.05, 0.1) is 12.5 Å². The van der Waals surface area contributed by atoms with Crippen LogP contribution in [0.25, 0.3) is 11.0 Å². The van der Waals surface area contributed by atoms with Crippen LogP contribution in [0.5, 0.6) is 5.75 Å². The number of ether oxygens (including phenoxy) is 1. The van der Waals surface area contributed by atoms with Gasteiger partial charge >= 0.3 is 5.63 Å². The summed E-state index contributed by atoms with van der Waals surface area (Å²) in [6.45, 7) is 5.91. The van der Waals surface area contributed by atoms with E-state index in [0.717, 1.165) is 27.8 Å². The summed E-state index contributed by atoms with van der Waals surface area (Å²) >= 11 is 0. The highest BCUT2D eigenvalue weighted by Gasteiger charge is 2.17. The monoisotopic (exact) mass is 390 g/mol. The van der Waals surface area contributed by atoms with Crippen molar-refractivity contribution in [2.24, 2.45) is 0 Å². The second-order valence-corrected chi connectivity index (χ2v) is 6.92. The van der Waals surface area contributed by atoms with E-state index in [-0.39, 0.29) is 25.5 Å². The molecule has 0 N–H and O–H groups in total. The van der Waals surface area contributed by atoms with E-state index in [4.69, 9.17) is 14.4 Å². The second-order valence-electron chi connectivity index (χ2n) is 6.92. The standard InChI is InChI=1S/C23H22N2O4/c1-15-5-6-18(11-16(15)2)25(10-4-9-24)22(26)14-28-19-7-8-20-17(3)12-23(27)29-21(20)13-19/h5-8,11-13H,4,10,14H2,1-3H3. The van der Waals surface area contributed by atoms with E-state index in [0.29, 0.717) is 11.3 Å². The van der Waals surface area contributed by atoms with Crippen molar-refractivity contribution in [2.45, 2.75) is 27.2 Å². The quantitative estimate of drug-likeness (QED) is 0.593. The SMILES string of the molecule is Cc1ccc(N(CCC#N)C(=O)COc2ccc3c(C)cc(=O)oc3c2)cc1C. The highest BCUT2D eigenvalue weighted by molar-refractivity contribution is 5.94. The Kier molecular flexibility index (Phi) is 5.99. The van der Waals surface area contributed by atoms with E-state index in [2.05, 4.69) is 6.07 Å². The summed E-state index contributed by atoms with van der Waals surface area (Å²) in [7, 11) is 0. The van der Waals surface area contributed by atoms with Gasteiger partial charge in [-0.2, -0.15) is 5.26 Å². The van der Waals surface area contributed by atoms with E-state index in [1.54, 1.807) is 23.1 Å². The van der Waals surface area contributed by atoms with E-state index < -0.39 is 5.63 Å². The van der Waals surface area contributed by atoms with Crippen LogP contribution in [0.2, 0.25) is 0 Å². The Labute approximate surface area is 168 Å². The van der Waals surface area contributed by atoms with Gasteiger partial charge in [-0.15, -0.1) is 0 Å². The molecule has 6 nitrogen and oxygen atoms in total. The zero-order valence-corrected chi connectivity index (χ0v) is 16.7. The molecule has 3 aromatic rings. The molecule has 0 unspecified atom stereocenters. The fourth-order valence-corrected chi connectivity index (χ4v) is 3.07. The normalized spacial score (nSPS) is 10.6. The van der Waals surface area contributed by atoms with Crippen LogP contribution in [0.15, 0.2) is 51.7 Å². The van der Waals surface area contributed by atoms with Crippen LogP contribution in [0.3, 0.4) is 0 Å². The molecule has 0 atom stereocenters. The minimum atomic E-state index is -0.430. The first kappa shape index (κ1) is 20.2. The molecule has 148 valence electrons. The zero-order chi connectivity index (χ0) is 21.0. The molecule has 0 saturated heterocycles. The Balaban J connectivity index is 1.79. The first-order valence-electron chi connectivity index (χ1n) is 9.31. The summed E-state index contributed by atoms with van der Waals surface area (Å²) in [6, 6.07) is 14.4. The fraction of sp³-hybridized carbons (Fsp3) is 0.261. The highest BCUT2D eigenvalue weighted by Crippen LogP contribution is 2.23. The van der Waals surface area contributed by atoms with E-state index >= 15 is 0 Å². The average Bonchev–Trinajstić information content (AvgIpc) is 2.68. The topological polar surface area (TPSA) is 83.5 Å². The van der Waals surface area contributed by atoms with Gasteiger partial charge in [0.15, 0.2) is 6.61 Å². The maximum atomic E-state index is 12.8. The summed E-state index contributed by atoms with van der Waals surface area (Å²) in [5.74, 6) is 0.175. The summed E-state index contributed by atoms with van der Waals surface area (Å²) in [4.78, 5) is 26.0. The van der Waals surface area contributed by atoms with Crippen molar-refractivity contribution in [3.8, 4) is 11.8 Å². The number of anilines is 1. The molecule has 0 radical (unpaired) electrons. The number of benzene rings is 2. The Hall–Kier alpha value is -3.59. The van der Waals surface area contributed by atoms with Crippen LogP contribution in [-0.4, -0.2) is 19.1 Å². The molecule has 6 heteroatoms. The lowest BCUT2D eigenvalue weighted by atomic mass is 10.1. The summed E-state index contributed by atoms with van der Waals surface area (Å²) in [6.07, 6.45) is 0.221. The van der Waals surface area contributed by atoms with Crippen molar-refractivity contribution in [3.63, 3.8) is 0 Å². The molecule has 0 aliphatic rings. The molecular weight excluding hydrogens is 368 g/mol. The van der Waals surface area contributed by atoms with Gasteiger partial charge in [-0.3, -0.25) is 4.79 Å². The van der Waals surface area contributed by atoms with Gasteiger partial charge in [0, 0.05) is 29.8 Å². The fourth-order valence-electron chi connectivity index (χ4n) is 3.07. The van der Waals surface area contributed by atoms with Gasteiger partial charge in [-0.05, 0) is 61.7 Å². The van der Waals surface area contributed by atoms with Crippen LogP contribution in [-0.2, 0) is 4.79 Å². The van der Waals surface area contributed by atoms with Gasteiger partial charge in [0.25, 0.3) is 5.91 Å². The molecule has 0 fully saturated rings. The first-order valence-corrected chi connectivity index (χ1v) is 9.31. The smallest absolute Gasteiger partial charge is 0.336 e. The summed E-state index contributed by atoms with van der Waals surface area (Å²) in [5.41, 5.74) is 3.73. The van der Waals surface area contributed by atoms with Gasteiger partial charge in [0.1, 0.15) is 11.3 Å². The number of rotatable bonds is 6. The minimum Gasteiger partial charge on any atom is -0.484 e. The molecule has 0 aliphatic heterocycles. The number of nitriles is 1. The molecule has 0 bridgehead atoms. The molecule has 1 amide bonds. The van der Waals surface area contributed by atoms with E-state index in [1.165, 1.54) is 6.07 Å². The number of aryl methyl sites for hydroxylation is 3. The number of carbonyl (C=O) groups excluding carboxylic acids is 1. The Bertz CT molecular complexity index is 1160. The number of carbonyl (C=O) groups is 1. The lowest BCUT2D eigenvalue weighted by molar-refractivity contribution is -0.120. The van der Waals surface area contributed by atoms with Gasteiger partial charge < -0.3 is 14.1 Å². The van der Waals surface area contributed by atoms with E-state index in [1.807, 2.05) is 39.0 Å². The largest absolute Gasteiger partial charge is 0.484 e. The van der Waals surface area contributed by atoms with Crippen molar-refractivity contribution >= 4 is 22.6 Å². The summed E-state index contributed by atoms with van der Waals surface area (Å²) in [5, 5.41) is 9.75. The second kappa shape index (κ2) is 8.61. The molecule has 1 aromatic heterocycles. The maximum absolute atomic E-state index is 12.8. The maximum Gasteiger partial charge on any atom is 0.336 e. The third kappa shape index (κ3) is 4.64. The number of nitrogens with zero attached hydrogens (tertiary/aromatic N) is 2. The molecule has 1 heterocycles. The van der Waals surface area contributed by atoms with Crippen molar-refractivity contribution in [2.75, 3.05) is 18.1 Å². The number of amides is 1. The van der Waals surface area contributed by atoms with Crippen LogP contribution >= 0.6 is 0 Å². The lowest BCUT2D eigenvalue weighted by Crippen LogP contribution is -2.35. The van der Waals surface area contributed by atoms with Crippen LogP contribution in [0, 0.1) is 32.1 Å². The molecule has 0 saturated carbocycles. The first-order chi connectivity index (χ1) is 13.9. The predicted octanol–water partition coefficient (Wildman–Crippen LogP) is 4.04. The lowest BCUT2D eigenvalue weighted by Gasteiger charge is -2.23. The van der Waals surface area contributed by atoms with Crippen molar-refractivity contribution in [3.05, 3.63) is 69.6 Å². The Morgan fingerprint density at radius 1 is 1.07 bits per heavy atom. The minimum absolute atomic E-state index is 0.195. The predicted molar refractivity (Wildman–Crippen MR) is 111 cm³/mol. The van der Waals surface area contributed by atoms with Gasteiger partial charge in [0.2, 0.25) is 0 Å². The molecular formula is C23H22N2O4. The third-order valence-electron chi connectivity index (χ3n) is 4.84. The summed E-state index contributed by atoms with van der Waals surface area (Å²) < 4.78 is 10.9. The van der Waals surface area contributed by atoms with Gasteiger partial charge in [-0.25, -0.2) is 4.79 Å². The molecule has 29 heavy (non-hydrogen) atoms. The van der Waals surface area contributed by atoms with Gasteiger partial charge in [-0.1, -0.05) is 6.07 Å². The molecule has 3 rings (SSSR count). The van der Waals surface area contributed by atoms with Crippen molar-refractivity contribution in [1.82, 2.24) is 0 Å². The van der Waals surface area contributed by atoms with E-state index in [9.17, 15) is 9.59 Å². The zero-order valence-electron chi connectivity index (χ0n) is 16.7. The molecule has 0 aliphatic carbocycles. The molecule has 0 spiro atoms. The third-order valence-corrected chi connectivity index (χ3v) is 4.84. The Morgan fingerprint density at radius 3 is 2.59 bits per heavy atom. The highest BCUT2D eigenvalue weighted by atomic mass is 16.5. The average molecular weight is 390 g/mol. The van der Waals surface area contributed by atoms with Crippen LogP contribution in [0.1, 0.15) is 23.1 Å². The number of hydrogen-bond acceptors (Lipinski definition) is 5. The van der Waals surface area contributed by atoms with Crippen molar-refractivity contribution in [1.29, 1.82) is 5.26 Å².